The van der Waals surface area contributed by atoms with Crippen LogP contribution in [0.15, 0.2) is 72.9 Å². The van der Waals surface area contributed by atoms with Crippen molar-refractivity contribution in [3.63, 3.8) is 0 Å². The van der Waals surface area contributed by atoms with E-state index in [0.717, 1.165) is 38.5 Å². The fourth-order valence-electron chi connectivity index (χ4n) is 3.74. The van der Waals surface area contributed by atoms with E-state index in [1.165, 1.54) is 0 Å². The Morgan fingerprint density at radius 3 is 1.63 bits per heavy atom. The van der Waals surface area contributed by atoms with Crippen LogP contribution in [0, 0.1) is 0 Å². The van der Waals surface area contributed by atoms with E-state index in [4.69, 9.17) is 14.2 Å². The number of allylic oxidation sites excluding steroid dienone is 12. The van der Waals surface area contributed by atoms with Gasteiger partial charge in [-0.25, -0.2) is 4.79 Å². The Morgan fingerprint density at radius 2 is 1.19 bits per heavy atom. The molecule has 0 aliphatic carbocycles. The number of carbonyl (C=O) groups is 3. The minimum Gasteiger partial charge on any atom is -0.477 e. The summed E-state index contributed by atoms with van der Waals surface area (Å²) in [5.74, 6) is -1.70. The summed E-state index contributed by atoms with van der Waals surface area (Å²) >= 11 is 0. The van der Waals surface area contributed by atoms with Crippen LogP contribution in [0.5, 0.6) is 0 Å². The van der Waals surface area contributed by atoms with Crippen molar-refractivity contribution in [2.24, 2.45) is 0 Å². The number of ether oxygens (including phenoxy) is 3. The average molecular weight is 603 g/mol. The number of carboxylic acids is 1. The van der Waals surface area contributed by atoms with Gasteiger partial charge in [0, 0.05) is 19.3 Å². The number of esters is 2. The number of likely N-dealkylation sites (N-methyl/N-ethyl adjacent to an activating group) is 1. The molecule has 0 heterocycles. The van der Waals surface area contributed by atoms with E-state index in [1.807, 2.05) is 33.3 Å². The van der Waals surface area contributed by atoms with Crippen molar-refractivity contribution in [3.8, 4) is 0 Å². The predicted molar refractivity (Wildman–Crippen MR) is 173 cm³/mol. The number of hydrogen-bond acceptors (Lipinski definition) is 6. The Morgan fingerprint density at radius 1 is 0.698 bits per heavy atom. The topological polar surface area (TPSA) is 99.1 Å². The van der Waals surface area contributed by atoms with Crippen molar-refractivity contribution in [2.75, 3.05) is 41.0 Å². The first-order valence-electron chi connectivity index (χ1n) is 15.5. The molecular formula is C35H56NO7+. The van der Waals surface area contributed by atoms with E-state index in [0.29, 0.717) is 12.8 Å². The molecule has 8 nitrogen and oxygen atoms in total. The molecule has 0 aromatic carbocycles. The lowest BCUT2D eigenvalue weighted by Crippen LogP contribution is -2.50. The first-order chi connectivity index (χ1) is 20.6. The van der Waals surface area contributed by atoms with E-state index in [-0.39, 0.29) is 37.1 Å². The van der Waals surface area contributed by atoms with Crippen molar-refractivity contribution in [1.82, 2.24) is 0 Å². The summed E-state index contributed by atoms with van der Waals surface area (Å²) in [6.45, 7) is 3.92. The van der Waals surface area contributed by atoms with E-state index < -0.39 is 30.1 Å². The molecule has 2 atom stereocenters. The van der Waals surface area contributed by atoms with Gasteiger partial charge in [-0.05, 0) is 44.9 Å². The molecule has 0 bridgehead atoms. The second kappa shape index (κ2) is 26.4. The number of aliphatic carboxylic acids is 1. The van der Waals surface area contributed by atoms with Crippen LogP contribution in [-0.2, 0) is 28.6 Å². The van der Waals surface area contributed by atoms with Crippen LogP contribution in [0.4, 0.5) is 0 Å². The third-order valence-electron chi connectivity index (χ3n) is 6.19. The summed E-state index contributed by atoms with van der Waals surface area (Å²) in [5, 5.41) is 9.45. The normalized spacial score (nSPS) is 14.2. The summed E-state index contributed by atoms with van der Waals surface area (Å²) in [4.78, 5) is 35.4. The van der Waals surface area contributed by atoms with E-state index in [9.17, 15) is 19.5 Å². The zero-order valence-electron chi connectivity index (χ0n) is 27.1. The van der Waals surface area contributed by atoms with Gasteiger partial charge in [-0.15, -0.1) is 0 Å². The van der Waals surface area contributed by atoms with Crippen molar-refractivity contribution in [1.29, 1.82) is 0 Å². The maximum Gasteiger partial charge on any atom is 0.362 e. The summed E-state index contributed by atoms with van der Waals surface area (Å²) < 4.78 is 16.5. The molecule has 0 rings (SSSR count). The molecule has 43 heavy (non-hydrogen) atoms. The zero-order valence-corrected chi connectivity index (χ0v) is 27.1. The van der Waals surface area contributed by atoms with Gasteiger partial charge in [0.15, 0.2) is 12.1 Å². The molecule has 8 heteroatoms. The van der Waals surface area contributed by atoms with E-state index >= 15 is 0 Å². The van der Waals surface area contributed by atoms with Crippen LogP contribution in [-0.4, -0.2) is 80.6 Å². The van der Waals surface area contributed by atoms with Crippen molar-refractivity contribution < 1.29 is 38.2 Å². The Balaban J connectivity index is 4.28. The molecule has 0 radical (unpaired) electrons. The molecule has 0 amide bonds. The third-order valence-corrected chi connectivity index (χ3v) is 6.19. The molecule has 2 unspecified atom stereocenters. The lowest BCUT2D eigenvalue weighted by molar-refractivity contribution is -0.887. The molecule has 1 N–H and O–H groups in total. The highest BCUT2D eigenvalue weighted by atomic mass is 16.6. The standard InChI is InChI=1S/C35H55NO7/c1-6-8-9-10-11-12-13-14-15-16-17-18-19-20-21-22-23-24-25-26-34(38)43-31(30-42-33(37)7-2)29-41-28-27-32(35(39)40)36(3,4)5/h8-9,11-12,14-15,17-18,20-21,23-24,31-32H,6-7,10,13,16,19,22,25-30H2,1-5H3/p+1/b9-8-,12-11-,15-14-,18-17-,21-20-,24-23-. The molecule has 0 aromatic heterocycles. The minimum absolute atomic E-state index is 0.0200. The van der Waals surface area contributed by atoms with Crippen LogP contribution in [0.1, 0.15) is 78.1 Å². The van der Waals surface area contributed by atoms with Gasteiger partial charge in [0.05, 0.1) is 34.4 Å². The van der Waals surface area contributed by atoms with Crippen molar-refractivity contribution in [2.45, 2.75) is 90.2 Å². The van der Waals surface area contributed by atoms with Crippen molar-refractivity contribution in [3.05, 3.63) is 72.9 Å². The molecular weight excluding hydrogens is 546 g/mol. The van der Waals surface area contributed by atoms with Gasteiger partial charge in [0.1, 0.15) is 6.61 Å². The largest absolute Gasteiger partial charge is 0.477 e. The molecule has 0 fully saturated rings. The fraction of sp³-hybridized carbons (Fsp3) is 0.571. The number of hydrogen-bond donors (Lipinski definition) is 1. The van der Waals surface area contributed by atoms with Gasteiger partial charge in [-0.3, -0.25) is 9.59 Å². The van der Waals surface area contributed by atoms with Gasteiger partial charge in [0.2, 0.25) is 0 Å². The highest BCUT2D eigenvalue weighted by Gasteiger charge is 2.31. The summed E-state index contributed by atoms with van der Waals surface area (Å²) in [6.07, 6.45) is 31.8. The minimum atomic E-state index is -0.898. The summed E-state index contributed by atoms with van der Waals surface area (Å²) in [5.41, 5.74) is 0. The predicted octanol–water partition coefficient (Wildman–Crippen LogP) is 6.90. The Labute approximate surface area is 260 Å². The van der Waals surface area contributed by atoms with Gasteiger partial charge in [-0.1, -0.05) is 86.8 Å². The molecule has 0 aromatic rings. The lowest BCUT2D eigenvalue weighted by atomic mass is 10.1. The highest BCUT2D eigenvalue weighted by molar-refractivity contribution is 5.72. The fourth-order valence-corrected chi connectivity index (χ4v) is 3.74. The van der Waals surface area contributed by atoms with Crippen LogP contribution in [0.3, 0.4) is 0 Å². The number of carboxylic acid groups (broad SMARTS) is 1. The van der Waals surface area contributed by atoms with Crippen molar-refractivity contribution >= 4 is 17.9 Å². The maximum atomic E-state index is 12.3. The quantitative estimate of drug-likeness (QED) is 0.0525. The monoisotopic (exact) mass is 602 g/mol. The second-order valence-electron chi connectivity index (χ2n) is 10.9. The van der Waals surface area contributed by atoms with E-state index in [2.05, 4.69) is 67.7 Å². The summed E-state index contributed by atoms with van der Waals surface area (Å²) in [6, 6.07) is -0.625. The second-order valence-corrected chi connectivity index (χ2v) is 10.9. The van der Waals surface area contributed by atoms with Gasteiger partial charge in [-0.2, -0.15) is 0 Å². The number of quaternary nitrogens is 1. The van der Waals surface area contributed by atoms with Gasteiger partial charge >= 0.3 is 17.9 Å². The number of rotatable bonds is 25. The molecule has 242 valence electrons. The molecule has 0 aliphatic rings. The first-order valence-corrected chi connectivity index (χ1v) is 15.5. The first kappa shape index (κ1) is 39.8. The molecule has 0 aliphatic heterocycles. The highest BCUT2D eigenvalue weighted by Crippen LogP contribution is 2.09. The Bertz CT molecular complexity index is 938. The van der Waals surface area contributed by atoms with Crippen LogP contribution in [0.2, 0.25) is 0 Å². The molecule has 0 spiro atoms. The number of carbonyl (C=O) groups excluding carboxylic acids is 2. The van der Waals surface area contributed by atoms with Gasteiger partial charge in [0.25, 0.3) is 0 Å². The van der Waals surface area contributed by atoms with Gasteiger partial charge < -0.3 is 23.8 Å². The van der Waals surface area contributed by atoms with Crippen LogP contribution in [0.25, 0.3) is 0 Å². The van der Waals surface area contributed by atoms with E-state index in [1.54, 1.807) is 6.92 Å². The lowest BCUT2D eigenvalue weighted by Gasteiger charge is -2.31. The zero-order chi connectivity index (χ0) is 32.2. The average Bonchev–Trinajstić information content (AvgIpc) is 2.95. The Kier molecular flexibility index (Phi) is 24.4. The molecule has 0 saturated carbocycles. The third kappa shape index (κ3) is 25.0. The SMILES string of the molecule is CC/C=C\C/C=C\C/C=C\C/C=C\C/C=C\C/C=C\CCC(=O)OC(COCCC(C(=O)O)[N+](C)(C)C)COC(=O)CC. The van der Waals surface area contributed by atoms with Crippen LogP contribution < -0.4 is 0 Å². The maximum absolute atomic E-state index is 12.3. The Hall–Kier alpha value is -3.23. The molecule has 0 saturated heterocycles. The number of nitrogens with zero attached hydrogens (tertiary/aromatic N) is 1. The smallest absolute Gasteiger partial charge is 0.362 e. The van der Waals surface area contributed by atoms with Crippen LogP contribution >= 0.6 is 0 Å². The summed E-state index contributed by atoms with van der Waals surface area (Å²) in [7, 11) is 5.43.